The van der Waals surface area contributed by atoms with E-state index in [1.54, 1.807) is 6.26 Å². The maximum atomic E-state index is 12.6. The largest absolute Gasteiger partial charge is 0.480 e. The van der Waals surface area contributed by atoms with Crippen LogP contribution in [0, 0.1) is 5.92 Å². The molecule has 2 aromatic rings. The topological polar surface area (TPSA) is 82.8 Å². The number of aryl methyl sites for hydroxylation is 2. The Labute approximate surface area is 170 Å². The number of nitrogens with zero attached hydrogens (tertiary/aromatic N) is 1. The first kappa shape index (κ1) is 18.7. The molecule has 154 valence electrons. The number of carbonyl (C=O) groups excluding carboxylic acids is 1. The number of amides is 1. The van der Waals surface area contributed by atoms with Crippen molar-refractivity contribution in [3.8, 4) is 0 Å². The van der Waals surface area contributed by atoms with Crippen molar-refractivity contribution in [2.45, 2.75) is 63.5 Å². The van der Waals surface area contributed by atoms with Gasteiger partial charge in [-0.1, -0.05) is 0 Å². The molecule has 0 radical (unpaired) electrons. The van der Waals surface area contributed by atoms with Gasteiger partial charge in [-0.25, -0.2) is 0 Å². The molecule has 0 atom stereocenters. The van der Waals surface area contributed by atoms with Crippen molar-refractivity contribution in [1.29, 1.82) is 0 Å². The van der Waals surface area contributed by atoms with Crippen molar-refractivity contribution in [3.63, 3.8) is 0 Å². The molecule has 1 heterocycles. The van der Waals surface area contributed by atoms with E-state index in [0.717, 1.165) is 48.8 Å². The minimum Gasteiger partial charge on any atom is -0.480 e. The highest BCUT2D eigenvalue weighted by atomic mass is 16.4. The molecule has 0 bridgehead atoms. The van der Waals surface area contributed by atoms with Gasteiger partial charge < -0.3 is 14.8 Å². The van der Waals surface area contributed by atoms with E-state index >= 15 is 0 Å². The molecular formula is C23H28N2O4. The summed E-state index contributed by atoms with van der Waals surface area (Å²) in [5.41, 5.74) is 4.59. The minimum atomic E-state index is -0.767. The van der Waals surface area contributed by atoms with E-state index < -0.39 is 5.97 Å². The number of fused-ring (bicyclic) bond motifs is 2. The lowest BCUT2D eigenvalue weighted by molar-refractivity contribution is -0.140. The monoisotopic (exact) mass is 396 g/mol. The van der Waals surface area contributed by atoms with Crippen LogP contribution in [0.1, 0.15) is 48.8 Å². The first-order valence-corrected chi connectivity index (χ1v) is 10.8. The summed E-state index contributed by atoms with van der Waals surface area (Å²) in [5, 5.41) is 13.3. The van der Waals surface area contributed by atoms with Crippen molar-refractivity contribution in [3.05, 3.63) is 35.1 Å². The van der Waals surface area contributed by atoms with Crippen LogP contribution in [0.25, 0.3) is 11.0 Å². The average molecular weight is 396 g/mol. The van der Waals surface area contributed by atoms with Crippen molar-refractivity contribution < 1.29 is 19.1 Å². The Balaban J connectivity index is 1.16. The third-order valence-corrected chi connectivity index (χ3v) is 6.74. The van der Waals surface area contributed by atoms with Crippen molar-refractivity contribution in [2.75, 3.05) is 13.1 Å². The molecule has 3 aliphatic carbocycles. The number of nitrogens with one attached hydrogen (secondary N) is 1. The summed E-state index contributed by atoms with van der Waals surface area (Å²) < 4.78 is 5.71. The Morgan fingerprint density at radius 2 is 1.93 bits per heavy atom. The van der Waals surface area contributed by atoms with Crippen molar-refractivity contribution >= 4 is 22.8 Å². The fourth-order valence-electron chi connectivity index (χ4n) is 4.89. The lowest BCUT2D eigenvalue weighted by Crippen LogP contribution is -2.55. The molecule has 0 spiro atoms. The minimum absolute atomic E-state index is 0.0172. The molecule has 5 rings (SSSR count). The van der Waals surface area contributed by atoms with Gasteiger partial charge in [0.15, 0.2) is 0 Å². The molecule has 6 heteroatoms. The van der Waals surface area contributed by atoms with Crippen LogP contribution in [-0.4, -0.2) is 47.1 Å². The number of hydrogen-bond acceptors (Lipinski definition) is 4. The van der Waals surface area contributed by atoms with E-state index in [9.17, 15) is 9.59 Å². The van der Waals surface area contributed by atoms with Gasteiger partial charge in [0.25, 0.3) is 0 Å². The van der Waals surface area contributed by atoms with Gasteiger partial charge in [0.05, 0.1) is 19.2 Å². The highest BCUT2D eigenvalue weighted by Gasteiger charge is 2.37. The van der Waals surface area contributed by atoms with Crippen LogP contribution < -0.4 is 5.32 Å². The van der Waals surface area contributed by atoms with E-state index in [4.69, 9.17) is 9.52 Å². The van der Waals surface area contributed by atoms with Crippen LogP contribution in [0.4, 0.5) is 0 Å². The summed E-state index contributed by atoms with van der Waals surface area (Å²) in [4.78, 5) is 25.8. The molecule has 0 saturated heterocycles. The lowest BCUT2D eigenvalue weighted by Gasteiger charge is -2.42. The molecule has 2 N–H and O–H groups in total. The molecule has 29 heavy (non-hydrogen) atoms. The SMILES string of the molecule is O=C(O)CN(CC1CC1)C1CC(NC(=O)Cc2coc3cc4c(cc23)CCC4)C1. The molecular weight excluding hydrogens is 368 g/mol. The second-order valence-corrected chi connectivity index (χ2v) is 9.06. The molecule has 1 amide bonds. The summed E-state index contributed by atoms with van der Waals surface area (Å²) >= 11 is 0. The smallest absolute Gasteiger partial charge is 0.317 e. The van der Waals surface area contributed by atoms with Gasteiger partial charge in [-0.3, -0.25) is 14.5 Å². The first-order chi connectivity index (χ1) is 14.0. The third-order valence-electron chi connectivity index (χ3n) is 6.74. The fourth-order valence-corrected chi connectivity index (χ4v) is 4.89. The van der Waals surface area contributed by atoms with Crippen LogP contribution in [0.15, 0.2) is 22.8 Å². The molecule has 6 nitrogen and oxygen atoms in total. The zero-order valence-electron chi connectivity index (χ0n) is 16.7. The molecule has 0 unspecified atom stereocenters. The van der Waals surface area contributed by atoms with Crippen LogP contribution in [0.3, 0.4) is 0 Å². The summed E-state index contributed by atoms with van der Waals surface area (Å²) in [6, 6.07) is 4.75. The van der Waals surface area contributed by atoms with Crippen LogP contribution in [0.5, 0.6) is 0 Å². The highest BCUT2D eigenvalue weighted by molar-refractivity contribution is 5.88. The Kier molecular flexibility index (Phi) is 4.82. The number of carboxylic acids is 1. The van der Waals surface area contributed by atoms with Crippen LogP contribution in [-0.2, 0) is 28.9 Å². The summed E-state index contributed by atoms with van der Waals surface area (Å²) in [5.74, 6) is -0.0844. The summed E-state index contributed by atoms with van der Waals surface area (Å²) in [6.07, 6.45) is 9.57. The Morgan fingerprint density at radius 1 is 1.17 bits per heavy atom. The lowest BCUT2D eigenvalue weighted by atomic mass is 9.85. The summed E-state index contributed by atoms with van der Waals surface area (Å²) in [6.45, 7) is 0.982. The molecule has 0 aliphatic heterocycles. The first-order valence-electron chi connectivity index (χ1n) is 10.8. The molecule has 2 fully saturated rings. The number of rotatable bonds is 8. The number of carboxylic acid groups (broad SMARTS) is 1. The number of carbonyl (C=O) groups is 2. The average Bonchev–Trinajstić information content (AvgIpc) is 3.20. The standard InChI is InChI=1S/C23H28N2O4/c26-22(8-17-13-29-21-7-16-3-1-2-15(16)6-20(17)21)24-18-9-19(10-18)25(12-23(27)28)11-14-4-5-14/h6-7,13-14,18-19H,1-5,8-12H2,(H,24,26)(H,27,28). The number of hydrogen-bond donors (Lipinski definition) is 2. The fraction of sp³-hybridized carbons (Fsp3) is 0.565. The summed E-state index contributed by atoms with van der Waals surface area (Å²) in [7, 11) is 0. The van der Waals surface area contributed by atoms with Gasteiger partial charge in [-0.05, 0) is 74.1 Å². The Hall–Kier alpha value is -2.34. The highest BCUT2D eigenvalue weighted by Crippen LogP contribution is 2.34. The van der Waals surface area contributed by atoms with Gasteiger partial charge in [0, 0.05) is 29.6 Å². The van der Waals surface area contributed by atoms with Gasteiger partial charge >= 0.3 is 5.97 Å². The van der Waals surface area contributed by atoms with E-state index in [1.165, 1.54) is 30.4 Å². The molecule has 1 aromatic carbocycles. The zero-order valence-corrected chi connectivity index (χ0v) is 16.7. The van der Waals surface area contributed by atoms with Gasteiger partial charge in [-0.15, -0.1) is 0 Å². The van der Waals surface area contributed by atoms with Crippen molar-refractivity contribution in [1.82, 2.24) is 10.2 Å². The molecule has 3 aliphatic rings. The van der Waals surface area contributed by atoms with Crippen LogP contribution in [0.2, 0.25) is 0 Å². The Morgan fingerprint density at radius 3 is 2.66 bits per heavy atom. The van der Waals surface area contributed by atoms with Gasteiger partial charge in [0.2, 0.25) is 5.91 Å². The third kappa shape index (κ3) is 4.04. The van der Waals surface area contributed by atoms with Gasteiger partial charge in [0.1, 0.15) is 5.58 Å². The Bertz CT molecular complexity index is 940. The van der Waals surface area contributed by atoms with Crippen LogP contribution >= 0.6 is 0 Å². The second-order valence-electron chi connectivity index (χ2n) is 9.06. The predicted octanol–water partition coefficient (Wildman–Crippen LogP) is 2.91. The van der Waals surface area contributed by atoms with Gasteiger partial charge in [-0.2, -0.15) is 0 Å². The van der Waals surface area contributed by atoms with E-state index in [-0.39, 0.29) is 24.5 Å². The number of aliphatic carboxylic acids is 1. The zero-order chi connectivity index (χ0) is 20.0. The number of benzene rings is 1. The normalized spacial score (nSPS) is 23.2. The molecule has 1 aromatic heterocycles. The van der Waals surface area contributed by atoms with E-state index in [2.05, 4.69) is 22.3 Å². The van der Waals surface area contributed by atoms with E-state index in [0.29, 0.717) is 12.3 Å². The quantitative estimate of drug-likeness (QED) is 0.717. The van der Waals surface area contributed by atoms with E-state index in [1.807, 2.05) is 0 Å². The number of furan rings is 1. The predicted molar refractivity (Wildman–Crippen MR) is 109 cm³/mol. The van der Waals surface area contributed by atoms with Crippen molar-refractivity contribution in [2.24, 2.45) is 5.92 Å². The maximum Gasteiger partial charge on any atom is 0.317 e. The second kappa shape index (κ2) is 7.48. The molecule has 2 saturated carbocycles. The maximum absolute atomic E-state index is 12.6.